The number of esters is 1. The molecule has 1 rings (SSSR count). The highest BCUT2D eigenvalue weighted by atomic mass is 32.2. The van der Waals surface area contributed by atoms with Gasteiger partial charge >= 0.3 is 5.97 Å². The van der Waals surface area contributed by atoms with E-state index in [9.17, 15) is 13.2 Å². The van der Waals surface area contributed by atoms with Crippen LogP contribution in [0.4, 0.5) is 0 Å². The van der Waals surface area contributed by atoms with E-state index in [0.717, 1.165) is 0 Å². The third kappa shape index (κ3) is 6.43. The van der Waals surface area contributed by atoms with Crippen molar-refractivity contribution in [1.82, 2.24) is 0 Å². The second-order valence-corrected chi connectivity index (χ2v) is 7.50. The molecule has 6 nitrogen and oxygen atoms in total. The third-order valence-corrected chi connectivity index (χ3v) is 5.23. The Bertz CT molecular complexity index is 630. The Morgan fingerprint density at radius 2 is 1.96 bits per heavy atom. The number of carbonyl (C=O) groups is 1. The van der Waals surface area contributed by atoms with E-state index >= 15 is 0 Å². The molecule has 3 atom stereocenters. The van der Waals surface area contributed by atoms with Crippen LogP contribution in [0.5, 0.6) is 0 Å². The van der Waals surface area contributed by atoms with Crippen molar-refractivity contribution in [2.45, 2.75) is 31.1 Å². The van der Waals surface area contributed by atoms with Crippen molar-refractivity contribution in [3.05, 3.63) is 48.6 Å². The molecule has 134 valence electrons. The molecule has 0 unspecified atom stereocenters. The maximum absolute atomic E-state index is 12.2. The summed E-state index contributed by atoms with van der Waals surface area (Å²) in [6, 6.07) is 8.49. The van der Waals surface area contributed by atoms with Gasteiger partial charge in [-0.1, -0.05) is 31.2 Å². The number of benzene rings is 1. The molecular weight excluding hydrogens is 330 g/mol. The standard InChI is InChI=1S/C17H25NO5S/c1-4-8-13(2)16(24(18,20)21)11-15(12-22-3)23-17(19)14-9-6-5-7-10-14/h4-7,9-10,13,15-16H,1,8,11-12H2,2-3H3,(H2,18,20,21)/t13-,15+,16-/m0/s1. The molecule has 2 N–H and O–H groups in total. The molecule has 0 amide bonds. The summed E-state index contributed by atoms with van der Waals surface area (Å²) in [6.45, 7) is 5.49. The molecule has 0 saturated carbocycles. The topological polar surface area (TPSA) is 95.7 Å². The molecule has 0 saturated heterocycles. The van der Waals surface area contributed by atoms with Gasteiger partial charge in [0.1, 0.15) is 6.10 Å². The number of primary sulfonamides is 1. The highest BCUT2D eigenvalue weighted by molar-refractivity contribution is 7.89. The van der Waals surface area contributed by atoms with Gasteiger partial charge in [-0.25, -0.2) is 18.4 Å². The van der Waals surface area contributed by atoms with Crippen LogP contribution in [0.1, 0.15) is 30.1 Å². The molecule has 0 aliphatic heterocycles. The van der Waals surface area contributed by atoms with Gasteiger partial charge < -0.3 is 9.47 Å². The molecule has 0 aliphatic carbocycles. The van der Waals surface area contributed by atoms with Gasteiger partial charge in [-0.05, 0) is 24.5 Å². The van der Waals surface area contributed by atoms with Gasteiger partial charge in [0, 0.05) is 13.5 Å². The number of ether oxygens (including phenoxy) is 2. The van der Waals surface area contributed by atoms with Gasteiger partial charge in [0.05, 0.1) is 17.4 Å². The monoisotopic (exact) mass is 355 g/mol. The first-order chi connectivity index (χ1) is 11.3. The number of hydrogen-bond donors (Lipinski definition) is 1. The van der Waals surface area contributed by atoms with Gasteiger partial charge in [0.2, 0.25) is 10.0 Å². The van der Waals surface area contributed by atoms with Gasteiger partial charge in [-0.3, -0.25) is 0 Å². The Balaban J connectivity index is 2.89. The molecule has 1 aromatic carbocycles. The Kier molecular flexibility index (Phi) is 8.10. The van der Waals surface area contributed by atoms with Crippen LogP contribution in [0.15, 0.2) is 43.0 Å². The summed E-state index contributed by atoms with van der Waals surface area (Å²) in [7, 11) is -2.33. The lowest BCUT2D eigenvalue weighted by atomic mass is 9.99. The molecule has 0 bridgehead atoms. The minimum absolute atomic E-state index is 0.0697. The molecule has 7 heteroatoms. The summed E-state index contributed by atoms with van der Waals surface area (Å²) in [5, 5.41) is 4.51. The Labute approximate surface area is 143 Å². The van der Waals surface area contributed by atoms with Crippen LogP contribution in [0.3, 0.4) is 0 Å². The quantitative estimate of drug-likeness (QED) is 0.512. The highest BCUT2D eigenvalue weighted by Crippen LogP contribution is 2.22. The van der Waals surface area contributed by atoms with Crippen LogP contribution in [0.25, 0.3) is 0 Å². The molecule has 0 fully saturated rings. The molecule has 0 aromatic heterocycles. The Hall–Kier alpha value is -1.70. The Morgan fingerprint density at radius 1 is 1.33 bits per heavy atom. The molecule has 0 heterocycles. The largest absolute Gasteiger partial charge is 0.456 e. The molecule has 0 spiro atoms. The number of nitrogens with two attached hydrogens (primary N) is 1. The fourth-order valence-electron chi connectivity index (χ4n) is 2.49. The van der Waals surface area contributed by atoms with Gasteiger partial charge in [0.15, 0.2) is 0 Å². The van der Waals surface area contributed by atoms with E-state index in [1.165, 1.54) is 7.11 Å². The first kappa shape index (κ1) is 20.3. The zero-order valence-corrected chi connectivity index (χ0v) is 14.9. The first-order valence-electron chi connectivity index (χ1n) is 7.67. The SMILES string of the molecule is C=CC[C@H](C)[C@H](C[C@H](COC)OC(=O)c1ccccc1)S(N)(=O)=O. The highest BCUT2D eigenvalue weighted by Gasteiger charge is 2.32. The summed E-state index contributed by atoms with van der Waals surface area (Å²) in [5.74, 6) is -0.769. The van der Waals surface area contributed by atoms with Crippen molar-refractivity contribution in [1.29, 1.82) is 0 Å². The second kappa shape index (κ2) is 9.56. The van der Waals surface area contributed by atoms with Crippen molar-refractivity contribution in [3.63, 3.8) is 0 Å². The predicted molar refractivity (Wildman–Crippen MR) is 93.0 cm³/mol. The summed E-state index contributed by atoms with van der Waals surface area (Å²) in [5.41, 5.74) is 0.393. The number of allylic oxidation sites excluding steroid dienone is 1. The average molecular weight is 355 g/mol. The smallest absolute Gasteiger partial charge is 0.338 e. The van der Waals surface area contributed by atoms with Crippen molar-refractivity contribution < 1.29 is 22.7 Å². The zero-order valence-electron chi connectivity index (χ0n) is 14.1. The van der Waals surface area contributed by atoms with Crippen LogP contribution in [0.2, 0.25) is 0 Å². The van der Waals surface area contributed by atoms with Crippen molar-refractivity contribution in [3.8, 4) is 0 Å². The lowest BCUT2D eigenvalue weighted by Gasteiger charge is -2.25. The summed E-state index contributed by atoms with van der Waals surface area (Å²) < 4.78 is 34.3. The van der Waals surface area contributed by atoms with Crippen molar-refractivity contribution >= 4 is 16.0 Å². The van der Waals surface area contributed by atoms with Gasteiger partial charge in [-0.15, -0.1) is 6.58 Å². The zero-order chi connectivity index (χ0) is 18.2. The average Bonchev–Trinajstić information content (AvgIpc) is 2.52. The molecule has 24 heavy (non-hydrogen) atoms. The summed E-state index contributed by atoms with van der Waals surface area (Å²) in [4.78, 5) is 12.2. The minimum Gasteiger partial charge on any atom is -0.456 e. The predicted octanol–water partition coefficient (Wildman–Crippen LogP) is 2.12. The van der Waals surface area contributed by atoms with Crippen molar-refractivity contribution in [2.75, 3.05) is 13.7 Å². The second-order valence-electron chi connectivity index (χ2n) is 5.71. The summed E-state index contributed by atoms with van der Waals surface area (Å²) in [6.07, 6.45) is 1.50. The fraction of sp³-hybridized carbons (Fsp3) is 0.471. The van der Waals surface area contributed by atoms with Gasteiger partial charge in [-0.2, -0.15) is 0 Å². The van der Waals surface area contributed by atoms with E-state index in [1.807, 2.05) is 0 Å². The van der Waals surface area contributed by atoms with E-state index < -0.39 is 27.3 Å². The van der Waals surface area contributed by atoms with E-state index in [1.54, 1.807) is 43.3 Å². The molecule has 0 radical (unpaired) electrons. The minimum atomic E-state index is -3.79. The normalized spacial score (nSPS) is 15.3. The number of carbonyl (C=O) groups excluding carboxylic acids is 1. The van der Waals surface area contributed by atoms with E-state index in [4.69, 9.17) is 14.6 Å². The Morgan fingerprint density at radius 3 is 2.46 bits per heavy atom. The molecule has 0 aliphatic rings. The number of hydrogen-bond acceptors (Lipinski definition) is 5. The first-order valence-corrected chi connectivity index (χ1v) is 9.28. The lowest BCUT2D eigenvalue weighted by Crippen LogP contribution is -2.39. The third-order valence-electron chi connectivity index (χ3n) is 3.73. The molecule has 1 aromatic rings. The number of rotatable bonds is 10. The number of methoxy groups -OCH3 is 1. The molecular formula is C17H25NO5S. The maximum Gasteiger partial charge on any atom is 0.338 e. The maximum atomic E-state index is 12.2. The van der Waals surface area contributed by atoms with Crippen LogP contribution >= 0.6 is 0 Å². The van der Waals surface area contributed by atoms with Crippen LogP contribution in [-0.4, -0.2) is 39.5 Å². The summed E-state index contributed by atoms with van der Waals surface area (Å²) >= 11 is 0. The number of sulfonamides is 1. The van der Waals surface area contributed by atoms with Crippen LogP contribution < -0.4 is 5.14 Å². The van der Waals surface area contributed by atoms with Crippen LogP contribution in [0, 0.1) is 5.92 Å². The van der Waals surface area contributed by atoms with E-state index in [2.05, 4.69) is 6.58 Å². The van der Waals surface area contributed by atoms with Crippen LogP contribution in [-0.2, 0) is 19.5 Å². The van der Waals surface area contributed by atoms with E-state index in [-0.39, 0.29) is 18.9 Å². The van der Waals surface area contributed by atoms with E-state index in [0.29, 0.717) is 12.0 Å². The fourth-order valence-corrected chi connectivity index (χ4v) is 3.74. The van der Waals surface area contributed by atoms with Crippen molar-refractivity contribution in [2.24, 2.45) is 11.1 Å². The lowest BCUT2D eigenvalue weighted by molar-refractivity contribution is 0.00176. The van der Waals surface area contributed by atoms with Gasteiger partial charge in [0.25, 0.3) is 0 Å².